The SMILES string of the molecule is Ic1ccc2c(c1)C1CNCC2C1. The van der Waals surface area contributed by atoms with E-state index in [9.17, 15) is 0 Å². The normalized spacial score (nSPS) is 30.2. The summed E-state index contributed by atoms with van der Waals surface area (Å²) in [6.45, 7) is 2.37. The Balaban J connectivity index is 2.15. The van der Waals surface area contributed by atoms with E-state index in [0.717, 1.165) is 11.8 Å². The van der Waals surface area contributed by atoms with Crippen LogP contribution in [0, 0.1) is 3.57 Å². The van der Waals surface area contributed by atoms with Crippen molar-refractivity contribution in [2.24, 2.45) is 0 Å². The van der Waals surface area contributed by atoms with E-state index in [1.165, 1.54) is 23.1 Å². The molecule has 2 aliphatic rings. The Hall–Kier alpha value is -0.0900. The van der Waals surface area contributed by atoms with E-state index in [1.807, 2.05) is 0 Å². The molecule has 1 fully saturated rings. The molecule has 0 aromatic heterocycles. The smallest absolute Gasteiger partial charge is 0.0133 e. The lowest BCUT2D eigenvalue weighted by atomic mass is 9.98. The van der Waals surface area contributed by atoms with E-state index in [-0.39, 0.29) is 0 Å². The number of rotatable bonds is 0. The van der Waals surface area contributed by atoms with Crippen molar-refractivity contribution in [3.63, 3.8) is 0 Å². The fourth-order valence-corrected chi connectivity index (χ4v) is 3.20. The number of hydrogen-bond acceptors (Lipinski definition) is 1. The van der Waals surface area contributed by atoms with E-state index < -0.39 is 0 Å². The summed E-state index contributed by atoms with van der Waals surface area (Å²) in [5.74, 6) is 1.59. The molecule has 1 heterocycles. The molecule has 2 atom stereocenters. The Morgan fingerprint density at radius 3 is 2.77 bits per heavy atom. The summed E-state index contributed by atoms with van der Waals surface area (Å²) < 4.78 is 1.38. The minimum absolute atomic E-state index is 0.795. The predicted molar refractivity (Wildman–Crippen MR) is 62.1 cm³/mol. The van der Waals surface area contributed by atoms with Gasteiger partial charge in [0.2, 0.25) is 0 Å². The van der Waals surface area contributed by atoms with Gasteiger partial charge in [0, 0.05) is 16.7 Å². The first kappa shape index (κ1) is 8.24. The van der Waals surface area contributed by atoms with E-state index >= 15 is 0 Å². The van der Waals surface area contributed by atoms with Crippen molar-refractivity contribution >= 4 is 22.6 Å². The second kappa shape index (κ2) is 2.95. The van der Waals surface area contributed by atoms with Crippen LogP contribution in [0.2, 0.25) is 0 Å². The molecule has 0 spiro atoms. The van der Waals surface area contributed by atoms with Crippen LogP contribution < -0.4 is 5.32 Å². The van der Waals surface area contributed by atoms with Crippen LogP contribution in [-0.4, -0.2) is 13.1 Å². The zero-order valence-corrected chi connectivity index (χ0v) is 9.54. The summed E-state index contributed by atoms with van der Waals surface area (Å²) in [4.78, 5) is 0. The highest BCUT2D eigenvalue weighted by atomic mass is 127. The number of nitrogens with one attached hydrogen (secondary N) is 1. The first-order valence-corrected chi connectivity index (χ1v) is 5.92. The first-order chi connectivity index (χ1) is 6.34. The summed E-state index contributed by atoms with van der Waals surface area (Å²) in [6, 6.07) is 6.93. The van der Waals surface area contributed by atoms with Crippen molar-refractivity contribution in [1.29, 1.82) is 0 Å². The minimum atomic E-state index is 0.795. The molecule has 68 valence electrons. The summed E-state index contributed by atoms with van der Waals surface area (Å²) in [5, 5.41) is 3.51. The number of halogens is 1. The predicted octanol–water partition coefficient (Wildman–Crippen LogP) is 2.47. The van der Waals surface area contributed by atoms with Crippen LogP contribution in [0.25, 0.3) is 0 Å². The number of fused-ring (bicyclic) bond motifs is 5. The molecule has 1 aliphatic carbocycles. The zero-order chi connectivity index (χ0) is 8.84. The molecule has 1 aromatic carbocycles. The van der Waals surface area contributed by atoms with Crippen LogP contribution >= 0.6 is 22.6 Å². The summed E-state index contributed by atoms with van der Waals surface area (Å²) in [5.41, 5.74) is 3.22. The average molecular weight is 285 g/mol. The molecule has 0 amide bonds. The van der Waals surface area contributed by atoms with Gasteiger partial charge in [0.05, 0.1) is 0 Å². The summed E-state index contributed by atoms with van der Waals surface area (Å²) >= 11 is 2.41. The Labute approximate surface area is 92.1 Å². The van der Waals surface area contributed by atoms with Gasteiger partial charge in [-0.2, -0.15) is 0 Å². The standard InChI is InChI=1S/C11H12IN/c12-9-1-2-10-7-3-8(6-13-5-7)11(10)4-9/h1-2,4,7-8,13H,3,5-6H2. The third-order valence-electron chi connectivity index (χ3n) is 3.28. The second-order valence-corrected chi connectivity index (χ2v) is 5.31. The van der Waals surface area contributed by atoms with E-state index in [4.69, 9.17) is 0 Å². The molecular formula is C11H12IN. The number of hydrogen-bond donors (Lipinski definition) is 1. The topological polar surface area (TPSA) is 12.0 Å². The van der Waals surface area contributed by atoms with Crippen LogP contribution in [0.3, 0.4) is 0 Å². The second-order valence-electron chi connectivity index (χ2n) is 4.06. The van der Waals surface area contributed by atoms with Crippen LogP contribution in [0.4, 0.5) is 0 Å². The number of benzene rings is 1. The van der Waals surface area contributed by atoms with Gasteiger partial charge in [-0.3, -0.25) is 0 Å². The van der Waals surface area contributed by atoms with Crippen molar-refractivity contribution in [3.05, 3.63) is 32.9 Å². The summed E-state index contributed by atoms with van der Waals surface area (Å²) in [7, 11) is 0. The highest BCUT2D eigenvalue weighted by molar-refractivity contribution is 14.1. The lowest BCUT2D eigenvalue weighted by Crippen LogP contribution is -2.28. The van der Waals surface area contributed by atoms with Gasteiger partial charge in [-0.1, -0.05) is 6.07 Å². The van der Waals surface area contributed by atoms with Crippen molar-refractivity contribution in [3.8, 4) is 0 Å². The zero-order valence-electron chi connectivity index (χ0n) is 7.39. The molecule has 2 heteroatoms. The molecule has 1 nitrogen and oxygen atoms in total. The maximum absolute atomic E-state index is 3.51. The van der Waals surface area contributed by atoms with Gasteiger partial charge >= 0.3 is 0 Å². The molecule has 1 N–H and O–H groups in total. The van der Waals surface area contributed by atoms with E-state index in [0.29, 0.717) is 0 Å². The van der Waals surface area contributed by atoms with Crippen molar-refractivity contribution < 1.29 is 0 Å². The molecular weight excluding hydrogens is 273 g/mol. The third-order valence-corrected chi connectivity index (χ3v) is 3.95. The van der Waals surface area contributed by atoms with Crippen LogP contribution in [0.15, 0.2) is 18.2 Å². The molecule has 1 aromatic rings. The Morgan fingerprint density at radius 2 is 1.92 bits per heavy atom. The highest BCUT2D eigenvalue weighted by Crippen LogP contribution is 2.43. The largest absolute Gasteiger partial charge is 0.316 e. The molecule has 13 heavy (non-hydrogen) atoms. The molecule has 0 radical (unpaired) electrons. The third kappa shape index (κ3) is 1.22. The van der Waals surface area contributed by atoms with Crippen molar-refractivity contribution in [2.45, 2.75) is 18.3 Å². The monoisotopic (exact) mass is 285 g/mol. The van der Waals surface area contributed by atoms with E-state index in [2.05, 4.69) is 46.1 Å². The maximum Gasteiger partial charge on any atom is 0.0133 e. The molecule has 0 saturated carbocycles. The molecule has 3 rings (SSSR count). The van der Waals surface area contributed by atoms with Gasteiger partial charge in [0.15, 0.2) is 0 Å². The minimum Gasteiger partial charge on any atom is -0.316 e. The lowest BCUT2D eigenvalue weighted by molar-refractivity contribution is 0.454. The maximum atomic E-state index is 3.51. The van der Waals surface area contributed by atoms with Gasteiger partial charge in [-0.25, -0.2) is 0 Å². The van der Waals surface area contributed by atoms with Crippen molar-refractivity contribution in [2.75, 3.05) is 13.1 Å². The Bertz CT molecular complexity index is 348. The quantitative estimate of drug-likeness (QED) is 0.722. The molecule has 2 bridgehead atoms. The van der Waals surface area contributed by atoms with Crippen molar-refractivity contribution in [1.82, 2.24) is 5.32 Å². The van der Waals surface area contributed by atoms with Gasteiger partial charge in [-0.05, 0) is 64.1 Å². The Kier molecular flexibility index (Phi) is 1.87. The Morgan fingerprint density at radius 1 is 1.15 bits per heavy atom. The van der Waals surface area contributed by atoms with Gasteiger partial charge in [-0.15, -0.1) is 0 Å². The fourth-order valence-electron chi connectivity index (χ4n) is 2.69. The van der Waals surface area contributed by atoms with Gasteiger partial charge in [0.1, 0.15) is 0 Å². The molecule has 1 aliphatic heterocycles. The number of piperidine rings is 1. The van der Waals surface area contributed by atoms with Crippen LogP contribution in [-0.2, 0) is 0 Å². The summed E-state index contributed by atoms with van der Waals surface area (Å²) in [6.07, 6.45) is 1.38. The van der Waals surface area contributed by atoms with Gasteiger partial charge < -0.3 is 5.32 Å². The fraction of sp³-hybridized carbons (Fsp3) is 0.455. The highest BCUT2D eigenvalue weighted by Gasteiger charge is 2.33. The first-order valence-electron chi connectivity index (χ1n) is 4.84. The van der Waals surface area contributed by atoms with Gasteiger partial charge in [0.25, 0.3) is 0 Å². The molecule has 1 saturated heterocycles. The van der Waals surface area contributed by atoms with Crippen LogP contribution in [0.1, 0.15) is 29.4 Å². The van der Waals surface area contributed by atoms with Crippen LogP contribution in [0.5, 0.6) is 0 Å². The molecule has 2 unspecified atom stereocenters. The lowest BCUT2D eigenvalue weighted by Gasteiger charge is -2.19. The van der Waals surface area contributed by atoms with E-state index in [1.54, 1.807) is 11.1 Å². The average Bonchev–Trinajstić information content (AvgIpc) is 2.39.